The van der Waals surface area contributed by atoms with Gasteiger partial charge in [-0.15, -0.1) is 0 Å². The van der Waals surface area contributed by atoms with E-state index in [1.807, 2.05) is 12.1 Å². The second kappa shape index (κ2) is 2.80. The highest BCUT2D eigenvalue weighted by Crippen LogP contribution is 2.24. The first-order valence-electron chi connectivity index (χ1n) is 3.55. The van der Waals surface area contributed by atoms with E-state index >= 15 is 0 Å². The lowest BCUT2D eigenvalue weighted by Gasteiger charge is -2.26. The Morgan fingerprint density at radius 3 is 2.91 bits per heavy atom. The molecule has 0 N–H and O–H groups in total. The van der Waals surface area contributed by atoms with Crippen molar-refractivity contribution in [2.75, 3.05) is 13.2 Å². The second-order valence-corrected chi connectivity index (χ2v) is 3.03. The highest BCUT2D eigenvalue weighted by Gasteiger charge is 2.20. The fraction of sp³-hybridized carbons (Fsp3) is 0.375. The van der Waals surface area contributed by atoms with E-state index in [4.69, 9.17) is 16.3 Å². The monoisotopic (exact) mass is 169 g/mol. The number of hydrogen-bond donors (Lipinski definition) is 0. The van der Waals surface area contributed by atoms with Gasteiger partial charge in [-0.1, -0.05) is 11.6 Å². The van der Waals surface area contributed by atoms with E-state index in [-0.39, 0.29) is 0 Å². The summed E-state index contributed by atoms with van der Waals surface area (Å²) in [6, 6.07) is 3.88. The predicted octanol–water partition coefficient (Wildman–Crippen LogP) is 1.85. The summed E-state index contributed by atoms with van der Waals surface area (Å²) >= 11 is 5.72. The minimum Gasteiger partial charge on any atom is -0.380 e. The summed E-state index contributed by atoms with van der Waals surface area (Å²) in [6.45, 7) is 1.64. The largest absolute Gasteiger partial charge is 0.380 e. The van der Waals surface area contributed by atoms with Crippen LogP contribution in [0.4, 0.5) is 0 Å². The number of aromatic nitrogens is 1. The van der Waals surface area contributed by atoms with Gasteiger partial charge in [-0.25, -0.2) is 4.98 Å². The van der Waals surface area contributed by atoms with Crippen LogP contribution >= 0.6 is 11.6 Å². The van der Waals surface area contributed by atoms with Crippen molar-refractivity contribution in [3.05, 3.63) is 29.0 Å². The van der Waals surface area contributed by atoms with Crippen LogP contribution in [0.2, 0.25) is 5.15 Å². The average Bonchev–Trinajstić information content (AvgIpc) is 1.83. The average molecular weight is 170 g/mol. The molecule has 0 radical (unpaired) electrons. The quantitative estimate of drug-likeness (QED) is 0.599. The SMILES string of the molecule is Clc1cc(C2COC2)ccn1. The van der Waals surface area contributed by atoms with Gasteiger partial charge in [0.15, 0.2) is 0 Å². The van der Waals surface area contributed by atoms with Gasteiger partial charge in [0, 0.05) is 12.1 Å². The van der Waals surface area contributed by atoms with Gasteiger partial charge in [-0.2, -0.15) is 0 Å². The van der Waals surface area contributed by atoms with Gasteiger partial charge < -0.3 is 4.74 Å². The minimum absolute atomic E-state index is 0.537. The van der Waals surface area contributed by atoms with Crippen LogP contribution in [0, 0.1) is 0 Å². The third-order valence-corrected chi connectivity index (χ3v) is 2.07. The van der Waals surface area contributed by atoms with Crippen LogP contribution in [0.25, 0.3) is 0 Å². The minimum atomic E-state index is 0.537. The summed E-state index contributed by atoms with van der Waals surface area (Å²) in [5.41, 5.74) is 1.23. The van der Waals surface area contributed by atoms with Crippen molar-refractivity contribution in [2.45, 2.75) is 5.92 Å². The summed E-state index contributed by atoms with van der Waals surface area (Å²) in [4.78, 5) is 3.91. The molecule has 2 nitrogen and oxygen atoms in total. The van der Waals surface area contributed by atoms with E-state index in [0.717, 1.165) is 13.2 Å². The first kappa shape index (κ1) is 7.07. The van der Waals surface area contributed by atoms with Crippen LogP contribution in [0.3, 0.4) is 0 Å². The normalized spacial score (nSPS) is 17.9. The van der Waals surface area contributed by atoms with Crippen molar-refractivity contribution < 1.29 is 4.74 Å². The number of hydrogen-bond acceptors (Lipinski definition) is 2. The molecular weight excluding hydrogens is 162 g/mol. The van der Waals surface area contributed by atoms with Crippen molar-refractivity contribution in [2.24, 2.45) is 0 Å². The maximum absolute atomic E-state index is 5.72. The van der Waals surface area contributed by atoms with Gasteiger partial charge in [0.2, 0.25) is 0 Å². The molecule has 1 saturated heterocycles. The molecule has 58 valence electrons. The molecule has 1 fully saturated rings. The Morgan fingerprint density at radius 1 is 1.55 bits per heavy atom. The summed E-state index contributed by atoms with van der Waals surface area (Å²) in [5, 5.41) is 0.564. The lowest BCUT2D eigenvalue weighted by atomic mass is 9.99. The van der Waals surface area contributed by atoms with Gasteiger partial charge in [-0.3, -0.25) is 0 Å². The van der Waals surface area contributed by atoms with Crippen LogP contribution in [0.15, 0.2) is 18.3 Å². The molecular formula is C8H8ClNO. The first-order chi connectivity index (χ1) is 5.36. The van der Waals surface area contributed by atoms with Crippen LogP contribution in [-0.4, -0.2) is 18.2 Å². The van der Waals surface area contributed by atoms with E-state index in [1.54, 1.807) is 6.20 Å². The van der Waals surface area contributed by atoms with Gasteiger partial charge >= 0.3 is 0 Å². The molecule has 2 rings (SSSR count). The third kappa shape index (κ3) is 1.37. The number of halogens is 1. The Morgan fingerprint density at radius 2 is 2.36 bits per heavy atom. The number of ether oxygens (including phenoxy) is 1. The Labute approximate surface area is 70.2 Å². The van der Waals surface area contributed by atoms with Gasteiger partial charge in [0.25, 0.3) is 0 Å². The molecule has 11 heavy (non-hydrogen) atoms. The van der Waals surface area contributed by atoms with Crippen molar-refractivity contribution in [3.63, 3.8) is 0 Å². The summed E-state index contributed by atoms with van der Waals surface area (Å²) in [7, 11) is 0. The van der Waals surface area contributed by atoms with E-state index in [0.29, 0.717) is 11.1 Å². The lowest BCUT2D eigenvalue weighted by molar-refractivity contribution is 0.00840. The topological polar surface area (TPSA) is 22.1 Å². The molecule has 1 aliphatic rings. The summed E-state index contributed by atoms with van der Waals surface area (Å²) < 4.78 is 5.07. The van der Waals surface area contributed by atoms with Gasteiger partial charge in [-0.05, 0) is 17.7 Å². The zero-order valence-electron chi connectivity index (χ0n) is 5.96. The Hall–Kier alpha value is -0.600. The highest BCUT2D eigenvalue weighted by atomic mass is 35.5. The molecule has 2 heterocycles. The molecule has 0 atom stereocenters. The molecule has 1 aliphatic heterocycles. The number of nitrogens with zero attached hydrogens (tertiary/aromatic N) is 1. The van der Waals surface area contributed by atoms with E-state index in [2.05, 4.69) is 4.98 Å². The van der Waals surface area contributed by atoms with E-state index in [1.165, 1.54) is 5.56 Å². The van der Waals surface area contributed by atoms with Crippen LogP contribution < -0.4 is 0 Å². The summed E-state index contributed by atoms with van der Waals surface area (Å²) in [6.07, 6.45) is 1.73. The fourth-order valence-corrected chi connectivity index (χ4v) is 1.28. The van der Waals surface area contributed by atoms with Crippen LogP contribution in [0.5, 0.6) is 0 Å². The molecule has 0 spiro atoms. The maximum atomic E-state index is 5.72. The van der Waals surface area contributed by atoms with E-state index < -0.39 is 0 Å². The fourth-order valence-electron chi connectivity index (χ4n) is 1.10. The molecule has 0 amide bonds. The molecule has 0 aliphatic carbocycles. The first-order valence-corrected chi connectivity index (χ1v) is 3.93. The van der Waals surface area contributed by atoms with Crippen LogP contribution in [-0.2, 0) is 4.74 Å². The zero-order chi connectivity index (χ0) is 7.68. The highest BCUT2D eigenvalue weighted by molar-refractivity contribution is 6.29. The third-order valence-electron chi connectivity index (χ3n) is 1.86. The standard InChI is InChI=1S/C8H8ClNO/c9-8-3-6(1-2-10-8)7-4-11-5-7/h1-3,7H,4-5H2. The Kier molecular flexibility index (Phi) is 1.80. The lowest BCUT2D eigenvalue weighted by Crippen LogP contribution is -2.24. The molecule has 0 unspecified atom stereocenters. The van der Waals surface area contributed by atoms with Gasteiger partial charge in [0.1, 0.15) is 5.15 Å². The Balaban J connectivity index is 2.23. The van der Waals surface area contributed by atoms with Crippen molar-refractivity contribution in [3.8, 4) is 0 Å². The zero-order valence-corrected chi connectivity index (χ0v) is 6.71. The summed E-state index contributed by atoms with van der Waals surface area (Å²) in [5.74, 6) is 0.537. The van der Waals surface area contributed by atoms with E-state index in [9.17, 15) is 0 Å². The molecule has 3 heteroatoms. The molecule has 0 aromatic carbocycles. The van der Waals surface area contributed by atoms with Crippen LogP contribution in [0.1, 0.15) is 11.5 Å². The molecule has 1 aromatic rings. The number of pyridine rings is 1. The second-order valence-electron chi connectivity index (χ2n) is 2.65. The predicted molar refractivity (Wildman–Crippen MR) is 42.8 cm³/mol. The molecule has 1 aromatic heterocycles. The number of rotatable bonds is 1. The van der Waals surface area contributed by atoms with Crippen molar-refractivity contribution in [1.82, 2.24) is 4.98 Å². The smallest absolute Gasteiger partial charge is 0.129 e. The maximum Gasteiger partial charge on any atom is 0.129 e. The molecule has 0 saturated carbocycles. The molecule has 0 bridgehead atoms. The van der Waals surface area contributed by atoms with Crippen molar-refractivity contribution >= 4 is 11.6 Å². The van der Waals surface area contributed by atoms with Gasteiger partial charge in [0.05, 0.1) is 13.2 Å². The van der Waals surface area contributed by atoms with Crippen molar-refractivity contribution in [1.29, 1.82) is 0 Å². The Bertz CT molecular complexity index is 260.